The number of rotatable bonds is 4. The summed E-state index contributed by atoms with van der Waals surface area (Å²) < 4.78 is 0. The van der Waals surface area contributed by atoms with Crippen molar-refractivity contribution in [1.29, 1.82) is 0 Å². The molecule has 1 N–H and O–H groups in total. The molecule has 1 unspecified atom stereocenters. The third kappa shape index (κ3) is 2.92. The summed E-state index contributed by atoms with van der Waals surface area (Å²) in [5, 5.41) is 12.0. The molecule has 0 aliphatic carbocycles. The minimum Gasteiger partial charge on any atom is -0.396 e. The molecule has 0 saturated carbocycles. The third-order valence-electron chi connectivity index (χ3n) is 2.73. The van der Waals surface area contributed by atoms with Crippen LogP contribution in [0.4, 0.5) is 0 Å². The maximum absolute atomic E-state index is 9.04. The molecule has 0 radical (unpaired) electrons. The van der Waals surface area contributed by atoms with Gasteiger partial charge < -0.3 is 5.11 Å². The first-order valence-corrected chi connectivity index (χ1v) is 8.24. The Balaban J connectivity index is 2.14. The number of nitrogens with zero attached hydrogens (tertiary/aromatic N) is 1. The SMILES string of the molecule is CC1=NC(Cc2ccccc2)=CS1(Cl)CCO. The van der Waals surface area contributed by atoms with Gasteiger partial charge in [0.1, 0.15) is 0 Å². The lowest BCUT2D eigenvalue weighted by Crippen LogP contribution is -2.04. The van der Waals surface area contributed by atoms with Gasteiger partial charge in [-0.05, 0) is 17.9 Å². The number of hydrogen-bond acceptors (Lipinski definition) is 2. The van der Waals surface area contributed by atoms with Crippen molar-refractivity contribution in [2.75, 3.05) is 12.4 Å². The monoisotopic (exact) mass is 269 g/mol. The second-order valence-electron chi connectivity index (χ2n) is 4.03. The lowest BCUT2D eigenvalue weighted by molar-refractivity contribution is 0.322. The fourth-order valence-corrected chi connectivity index (χ4v) is 4.14. The van der Waals surface area contributed by atoms with Crippen molar-refractivity contribution in [2.45, 2.75) is 13.3 Å². The van der Waals surface area contributed by atoms with Crippen molar-refractivity contribution in [3.63, 3.8) is 0 Å². The molecule has 1 aromatic rings. The van der Waals surface area contributed by atoms with Crippen LogP contribution in [0.1, 0.15) is 12.5 Å². The van der Waals surface area contributed by atoms with Gasteiger partial charge in [-0.3, -0.25) is 4.99 Å². The van der Waals surface area contributed by atoms with Gasteiger partial charge in [0.15, 0.2) is 0 Å². The van der Waals surface area contributed by atoms with Gasteiger partial charge in [0.2, 0.25) is 0 Å². The summed E-state index contributed by atoms with van der Waals surface area (Å²) in [6.45, 7) is 2.06. The van der Waals surface area contributed by atoms with Crippen molar-refractivity contribution in [3.8, 4) is 0 Å². The Morgan fingerprint density at radius 2 is 2.00 bits per heavy atom. The molecule has 1 aliphatic heterocycles. The summed E-state index contributed by atoms with van der Waals surface area (Å²) in [7, 11) is 5.01. The molecule has 0 fully saturated rings. The van der Waals surface area contributed by atoms with Gasteiger partial charge in [-0.2, -0.15) is 0 Å². The molecule has 0 saturated heterocycles. The molecular weight excluding hydrogens is 254 g/mol. The van der Waals surface area contributed by atoms with Gasteiger partial charge in [-0.25, -0.2) is 0 Å². The van der Waals surface area contributed by atoms with E-state index >= 15 is 0 Å². The van der Waals surface area contributed by atoms with Crippen LogP contribution in [0.5, 0.6) is 0 Å². The summed E-state index contributed by atoms with van der Waals surface area (Å²) in [5.41, 5.74) is 2.26. The van der Waals surface area contributed by atoms with Crippen LogP contribution in [-0.2, 0) is 6.42 Å². The predicted molar refractivity (Wildman–Crippen MR) is 76.7 cm³/mol. The fourth-order valence-electron chi connectivity index (χ4n) is 1.83. The van der Waals surface area contributed by atoms with Crippen LogP contribution in [0, 0.1) is 0 Å². The van der Waals surface area contributed by atoms with E-state index in [9.17, 15) is 0 Å². The Morgan fingerprint density at radius 3 is 2.65 bits per heavy atom. The zero-order valence-corrected chi connectivity index (χ0v) is 11.3. The summed E-state index contributed by atoms with van der Waals surface area (Å²) in [5.74, 6) is 0.599. The molecule has 1 heterocycles. The molecule has 92 valence electrons. The van der Waals surface area contributed by atoms with Crippen molar-refractivity contribution in [2.24, 2.45) is 4.99 Å². The van der Waals surface area contributed by atoms with Crippen molar-refractivity contribution in [1.82, 2.24) is 0 Å². The second kappa shape index (κ2) is 5.25. The van der Waals surface area contributed by atoms with E-state index in [2.05, 4.69) is 17.1 Å². The molecule has 0 bridgehead atoms. The molecule has 0 amide bonds. The highest BCUT2D eigenvalue weighted by Crippen LogP contribution is 2.59. The van der Waals surface area contributed by atoms with Gasteiger partial charge in [0, 0.05) is 12.2 Å². The van der Waals surface area contributed by atoms with Crippen molar-refractivity contribution >= 4 is 25.0 Å². The number of allylic oxidation sites excluding steroid dienone is 1. The summed E-state index contributed by atoms with van der Waals surface area (Å²) >= 11 is 0. The number of hydrogen-bond donors (Lipinski definition) is 1. The standard InChI is InChI=1S/C13H16ClNOS/c1-11-15-13(10-17(11,14)8-7-16)9-12-5-3-2-4-6-12/h2-6,10,16H,7-9H2,1H3. The number of aliphatic hydroxyl groups excluding tert-OH is 1. The van der Waals surface area contributed by atoms with Crippen LogP contribution in [0.2, 0.25) is 0 Å². The zero-order chi connectivity index (χ0) is 12.3. The number of aliphatic hydroxyl groups is 1. The van der Waals surface area contributed by atoms with Crippen LogP contribution < -0.4 is 0 Å². The average Bonchev–Trinajstić information content (AvgIpc) is 2.56. The highest BCUT2D eigenvalue weighted by Gasteiger charge is 2.27. The first-order valence-electron chi connectivity index (χ1n) is 5.55. The van der Waals surface area contributed by atoms with Crippen molar-refractivity contribution in [3.05, 3.63) is 47.0 Å². The average molecular weight is 270 g/mol. The molecule has 1 atom stereocenters. The maximum atomic E-state index is 9.04. The number of aliphatic imine (C=N–C) groups is 1. The molecule has 0 aromatic heterocycles. The zero-order valence-electron chi connectivity index (χ0n) is 9.77. The minimum absolute atomic E-state index is 0.112. The largest absolute Gasteiger partial charge is 0.396 e. The van der Waals surface area contributed by atoms with Crippen molar-refractivity contribution < 1.29 is 5.11 Å². The Hall–Kier alpha value is -0.770. The van der Waals surface area contributed by atoms with Gasteiger partial charge >= 0.3 is 0 Å². The lowest BCUT2D eigenvalue weighted by atomic mass is 10.1. The topological polar surface area (TPSA) is 32.6 Å². The van der Waals surface area contributed by atoms with Crippen LogP contribution in [0.15, 0.2) is 46.4 Å². The molecule has 17 heavy (non-hydrogen) atoms. The highest BCUT2D eigenvalue weighted by atomic mass is 35.7. The second-order valence-corrected chi connectivity index (χ2v) is 8.33. The van der Waals surface area contributed by atoms with E-state index in [0.29, 0.717) is 5.75 Å². The third-order valence-corrected chi connectivity index (χ3v) is 6.63. The minimum atomic E-state index is -1.49. The molecular formula is C13H16ClNOS. The van der Waals surface area contributed by atoms with Crippen LogP contribution in [0.25, 0.3) is 0 Å². The Morgan fingerprint density at radius 1 is 1.29 bits per heavy atom. The molecule has 1 aliphatic rings. The Labute approximate surface area is 108 Å². The van der Waals surface area contributed by atoms with Crippen LogP contribution in [0.3, 0.4) is 0 Å². The van der Waals surface area contributed by atoms with E-state index in [1.807, 2.05) is 30.5 Å². The Bertz CT molecular complexity index is 458. The van der Waals surface area contributed by atoms with E-state index in [4.69, 9.17) is 15.8 Å². The summed E-state index contributed by atoms with van der Waals surface area (Å²) in [6.07, 6.45) is 0.811. The van der Waals surface area contributed by atoms with Crippen LogP contribution >= 0.6 is 19.9 Å². The molecule has 1 aromatic carbocycles. The molecule has 0 spiro atoms. The normalized spacial score (nSPS) is 27.2. The molecule has 4 heteroatoms. The van der Waals surface area contributed by atoms with Gasteiger partial charge in [0.05, 0.1) is 17.3 Å². The van der Waals surface area contributed by atoms with E-state index in [0.717, 1.165) is 17.2 Å². The summed E-state index contributed by atoms with van der Waals surface area (Å²) in [6, 6.07) is 10.2. The molecule has 2 rings (SSSR count). The van der Waals surface area contributed by atoms with Gasteiger partial charge in [-0.1, -0.05) is 50.3 Å². The van der Waals surface area contributed by atoms with E-state index in [1.165, 1.54) is 5.56 Å². The fraction of sp³-hybridized carbons (Fsp3) is 0.308. The van der Waals surface area contributed by atoms with Gasteiger partial charge in [0.25, 0.3) is 0 Å². The van der Waals surface area contributed by atoms with E-state index in [-0.39, 0.29) is 6.61 Å². The first kappa shape index (κ1) is 12.7. The maximum Gasteiger partial charge on any atom is 0.0700 e. The summed E-state index contributed by atoms with van der Waals surface area (Å²) in [4.78, 5) is 4.53. The Kier molecular flexibility index (Phi) is 3.92. The van der Waals surface area contributed by atoms with Crippen LogP contribution in [-0.4, -0.2) is 22.5 Å². The highest BCUT2D eigenvalue weighted by molar-refractivity contribution is 8.63. The smallest absolute Gasteiger partial charge is 0.0700 e. The first-order chi connectivity index (χ1) is 8.14. The molecule has 2 nitrogen and oxygen atoms in total. The van der Waals surface area contributed by atoms with Gasteiger partial charge in [-0.15, -0.1) is 0 Å². The predicted octanol–water partition coefficient (Wildman–Crippen LogP) is 3.45. The number of benzene rings is 1. The number of halogens is 1. The quantitative estimate of drug-likeness (QED) is 0.892. The van der Waals surface area contributed by atoms with E-state index < -0.39 is 9.24 Å². The lowest BCUT2D eigenvalue weighted by Gasteiger charge is -2.23. The van der Waals surface area contributed by atoms with E-state index in [1.54, 1.807) is 0 Å².